The Bertz CT molecular complexity index is 550. The molecule has 2 aromatic heterocycles. The molecule has 6 nitrogen and oxygen atoms in total. The maximum absolute atomic E-state index is 6.03. The summed E-state index contributed by atoms with van der Waals surface area (Å²) in [5, 5.41) is 4.49. The quantitative estimate of drug-likeness (QED) is 0.882. The minimum absolute atomic E-state index is 0.394. The molecule has 1 atom stereocenters. The van der Waals surface area contributed by atoms with Gasteiger partial charge in [0, 0.05) is 19.1 Å². The monoisotopic (exact) mass is 250 g/mol. The number of imidazole rings is 1. The Morgan fingerprint density at radius 1 is 1.39 bits per heavy atom. The first-order valence-electron chi connectivity index (χ1n) is 6.31. The molecule has 6 heteroatoms. The van der Waals surface area contributed by atoms with Crippen LogP contribution in [0.1, 0.15) is 19.5 Å². The molecule has 18 heavy (non-hydrogen) atoms. The first-order valence-corrected chi connectivity index (χ1v) is 6.31. The van der Waals surface area contributed by atoms with Gasteiger partial charge in [0.05, 0.1) is 5.69 Å². The zero-order valence-electron chi connectivity index (χ0n) is 11.8. The summed E-state index contributed by atoms with van der Waals surface area (Å²) in [7, 11) is 4.13. The molecule has 1 unspecified atom stereocenters. The molecule has 2 heterocycles. The van der Waals surface area contributed by atoms with Gasteiger partial charge in [0.1, 0.15) is 5.52 Å². The van der Waals surface area contributed by atoms with Crippen LogP contribution in [0.15, 0.2) is 0 Å². The Labute approximate surface area is 107 Å². The van der Waals surface area contributed by atoms with Crippen molar-refractivity contribution in [1.29, 1.82) is 0 Å². The first kappa shape index (κ1) is 12.9. The average molecular weight is 250 g/mol. The third kappa shape index (κ3) is 1.96. The fourth-order valence-corrected chi connectivity index (χ4v) is 2.07. The first-order chi connectivity index (χ1) is 8.45. The van der Waals surface area contributed by atoms with Gasteiger partial charge in [-0.3, -0.25) is 4.57 Å². The predicted octanol–water partition coefficient (Wildman–Crippen LogP) is 1.09. The molecular formula is C12H22N6. The van der Waals surface area contributed by atoms with Gasteiger partial charge in [-0.25, -0.2) is 9.67 Å². The van der Waals surface area contributed by atoms with Gasteiger partial charge in [0.25, 0.3) is 0 Å². The van der Waals surface area contributed by atoms with Crippen molar-refractivity contribution in [3.8, 4) is 0 Å². The minimum atomic E-state index is 0.394. The van der Waals surface area contributed by atoms with E-state index in [4.69, 9.17) is 5.73 Å². The lowest BCUT2D eigenvalue weighted by Gasteiger charge is -2.21. The van der Waals surface area contributed by atoms with Crippen LogP contribution in [-0.2, 0) is 13.1 Å². The molecule has 0 bridgehead atoms. The number of aryl methyl sites for hydroxylation is 2. The lowest BCUT2D eigenvalue weighted by atomic mass is 10.3. The molecule has 0 amide bonds. The van der Waals surface area contributed by atoms with Crippen molar-refractivity contribution in [2.24, 2.45) is 0 Å². The van der Waals surface area contributed by atoms with Gasteiger partial charge in [-0.05, 0) is 34.9 Å². The maximum atomic E-state index is 6.03. The van der Waals surface area contributed by atoms with Crippen LogP contribution in [0.25, 0.3) is 11.2 Å². The second-order valence-electron chi connectivity index (χ2n) is 4.97. The highest BCUT2D eigenvalue weighted by Crippen LogP contribution is 2.21. The van der Waals surface area contributed by atoms with Gasteiger partial charge in [-0.15, -0.1) is 0 Å². The summed E-state index contributed by atoms with van der Waals surface area (Å²) in [6, 6.07) is 0.394. The summed E-state index contributed by atoms with van der Waals surface area (Å²) in [6.07, 6.45) is 0. The summed E-state index contributed by atoms with van der Waals surface area (Å²) in [4.78, 5) is 6.60. The third-order valence-corrected chi connectivity index (χ3v) is 3.46. The Morgan fingerprint density at radius 3 is 2.61 bits per heavy atom. The molecule has 2 N–H and O–H groups in total. The van der Waals surface area contributed by atoms with E-state index in [0.717, 1.165) is 29.9 Å². The highest BCUT2D eigenvalue weighted by atomic mass is 15.4. The molecule has 0 radical (unpaired) electrons. The molecule has 0 saturated heterocycles. The van der Waals surface area contributed by atoms with Gasteiger partial charge < -0.3 is 10.6 Å². The number of anilines is 1. The smallest absolute Gasteiger partial charge is 0.202 e. The van der Waals surface area contributed by atoms with E-state index in [1.54, 1.807) is 0 Å². The summed E-state index contributed by atoms with van der Waals surface area (Å²) >= 11 is 0. The Kier molecular flexibility index (Phi) is 3.30. The molecule has 0 aliphatic carbocycles. The van der Waals surface area contributed by atoms with E-state index in [1.165, 1.54) is 0 Å². The van der Waals surface area contributed by atoms with E-state index in [1.807, 2.05) is 11.6 Å². The number of hydrogen-bond acceptors (Lipinski definition) is 4. The normalized spacial score (nSPS) is 13.7. The zero-order valence-corrected chi connectivity index (χ0v) is 11.8. The van der Waals surface area contributed by atoms with Crippen molar-refractivity contribution in [2.75, 3.05) is 19.8 Å². The fraction of sp³-hybridized carbons (Fsp3) is 0.667. The van der Waals surface area contributed by atoms with Crippen LogP contribution in [0.4, 0.5) is 5.95 Å². The van der Waals surface area contributed by atoms with Crippen LogP contribution in [0.5, 0.6) is 0 Å². The van der Waals surface area contributed by atoms with Crippen LogP contribution in [0.2, 0.25) is 0 Å². The number of nitrogens with zero attached hydrogens (tertiary/aromatic N) is 5. The molecule has 0 aliphatic heterocycles. The summed E-state index contributed by atoms with van der Waals surface area (Å²) in [6.45, 7) is 7.87. The van der Waals surface area contributed by atoms with Crippen molar-refractivity contribution in [3.63, 3.8) is 0 Å². The van der Waals surface area contributed by atoms with Crippen LogP contribution in [0.3, 0.4) is 0 Å². The molecule has 2 aromatic rings. The Morgan fingerprint density at radius 2 is 2.06 bits per heavy atom. The van der Waals surface area contributed by atoms with Crippen molar-refractivity contribution in [2.45, 2.75) is 39.9 Å². The largest absolute Gasteiger partial charge is 0.369 e. The SMILES string of the molecule is CCn1nc(C)c2nc(N)n(CC(C)N(C)C)c21. The molecule has 0 aliphatic rings. The number of likely N-dealkylation sites (N-methyl/N-ethyl adjacent to an activating group) is 1. The van der Waals surface area contributed by atoms with Crippen molar-refractivity contribution >= 4 is 17.1 Å². The van der Waals surface area contributed by atoms with E-state index in [0.29, 0.717) is 12.0 Å². The maximum Gasteiger partial charge on any atom is 0.202 e. The van der Waals surface area contributed by atoms with Gasteiger partial charge in [-0.1, -0.05) is 0 Å². The number of nitrogen functional groups attached to an aromatic ring is 1. The predicted molar refractivity (Wildman–Crippen MR) is 73.5 cm³/mol. The van der Waals surface area contributed by atoms with E-state index < -0.39 is 0 Å². The fourth-order valence-electron chi connectivity index (χ4n) is 2.07. The second kappa shape index (κ2) is 4.61. The highest BCUT2D eigenvalue weighted by molar-refractivity contribution is 5.77. The van der Waals surface area contributed by atoms with E-state index >= 15 is 0 Å². The van der Waals surface area contributed by atoms with Gasteiger partial charge in [-0.2, -0.15) is 5.10 Å². The summed E-state index contributed by atoms with van der Waals surface area (Å²) in [5.41, 5.74) is 8.92. The molecule has 2 rings (SSSR count). The van der Waals surface area contributed by atoms with E-state index in [-0.39, 0.29) is 0 Å². The zero-order chi connectivity index (χ0) is 13.4. The third-order valence-electron chi connectivity index (χ3n) is 3.46. The van der Waals surface area contributed by atoms with Crippen LogP contribution in [-0.4, -0.2) is 44.4 Å². The van der Waals surface area contributed by atoms with Crippen molar-refractivity contribution in [3.05, 3.63) is 5.69 Å². The number of nitrogens with two attached hydrogens (primary N) is 1. The molecular weight excluding hydrogens is 228 g/mol. The average Bonchev–Trinajstić information content (AvgIpc) is 2.78. The number of hydrogen-bond donors (Lipinski definition) is 1. The Balaban J connectivity index is 2.51. The van der Waals surface area contributed by atoms with Gasteiger partial charge in [0.2, 0.25) is 5.95 Å². The lowest BCUT2D eigenvalue weighted by molar-refractivity contribution is 0.286. The highest BCUT2D eigenvalue weighted by Gasteiger charge is 2.18. The number of fused-ring (bicyclic) bond motifs is 1. The van der Waals surface area contributed by atoms with Crippen LogP contribution >= 0.6 is 0 Å². The number of rotatable bonds is 4. The standard InChI is InChI=1S/C12H22N6/c1-6-18-11-10(9(3)15-18)14-12(13)17(11)7-8(2)16(4)5/h8H,6-7H2,1-5H3,(H2,13,14). The van der Waals surface area contributed by atoms with E-state index in [2.05, 4.69) is 47.5 Å². The minimum Gasteiger partial charge on any atom is -0.369 e. The lowest BCUT2D eigenvalue weighted by Crippen LogP contribution is -2.30. The van der Waals surface area contributed by atoms with Gasteiger partial charge >= 0.3 is 0 Å². The van der Waals surface area contributed by atoms with Crippen molar-refractivity contribution in [1.82, 2.24) is 24.2 Å². The molecule has 0 saturated carbocycles. The van der Waals surface area contributed by atoms with Crippen molar-refractivity contribution < 1.29 is 0 Å². The second-order valence-corrected chi connectivity index (χ2v) is 4.97. The number of aromatic nitrogens is 4. The summed E-state index contributed by atoms with van der Waals surface area (Å²) < 4.78 is 4.03. The van der Waals surface area contributed by atoms with Gasteiger partial charge in [0.15, 0.2) is 5.65 Å². The summed E-state index contributed by atoms with van der Waals surface area (Å²) in [5.74, 6) is 0.571. The Hall–Kier alpha value is -1.56. The topological polar surface area (TPSA) is 64.9 Å². The molecule has 0 spiro atoms. The van der Waals surface area contributed by atoms with Crippen LogP contribution in [0, 0.1) is 6.92 Å². The molecule has 0 fully saturated rings. The molecule has 0 aromatic carbocycles. The van der Waals surface area contributed by atoms with Crippen LogP contribution < -0.4 is 5.73 Å². The van der Waals surface area contributed by atoms with E-state index in [9.17, 15) is 0 Å². The molecule has 100 valence electrons.